The number of nitrogens with one attached hydrogen (secondary N) is 1. The van der Waals surface area contributed by atoms with Crippen LogP contribution in [0.3, 0.4) is 0 Å². The van der Waals surface area contributed by atoms with Crippen molar-refractivity contribution in [3.05, 3.63) is 58.1 Å². The zero-order valence-electron chi connectivity index (χ0n) is 17.5. The number of hydrogen-bond acceptors (Lipinski definition) is 4. The molecule has 0 spiro atoms. The van der Waals surface area contributed by atoms with Gasteiger partial charge in [-0.3, -0.25) is 4.79 Å². The summed E-state index contributed by atoms with van der Waals surface area (Å²) in [6.45, 7) is 4.84. The molecule has 0 radical (unpaired) electrons. The number of piperidine rings is 1. The summed E-state index contributed by atoms with van der Waals surface area (Å²) in [5.74, 6) is 0.281. The Bertz CT molecular complexity index is 1020. The lowest BCUT2D eigenvalue weighted by Gasteiger charge is -2.31. The number of amides is 1. The first-order chi connectivity index (χ1) is 14.7. The second kappa shape index (κ2) is 10.2. The molecule has 1 amide bonds. The Hall–Kier alpha value is -1.80. The Morgan fingerprint density at radius 3 is 2.39 bits per heavy atom. The molecule has 6 nitrogen and oxygen atoms in total. The predicted molar refractivity (Wildman–Crippen MR) is 122 cm³/mol. The van der Waals surface area contributed by atoms with Gasteiger partial charge >= 0.3 is 0 Å². The van der Waals surface area contributed by atoms with Gasteiger partial charge in [0.05, 0.1) is 17.5 Å². The fraction of sp³-hybridized carbons (Fsp3) is 0.409. The summed E-state index contributed by atoms with van der Waals surface area (Å²) in [6.07, 6.45) is 0.923. The molecule has 9 heteroatoms. The second-order valence-electron chi connectivity index (χ2n) is 7.48. The molecule has 1 atom stereocenters. The van der Waals surface area contributed by atoms with Gasteiger partial charge in [0.25, 0.3) is 0 Å². The highest BCUT2D eigenvalue weighted by molar-refractivity contribution is 7.89. The Kier molecular flexibility index (Phi) is 7.86. The number of carbonyl (C=O) groups excluding carboxylic acids is 1. The van der Waals surface area contributed by atoms with E-state index in [1.807, 2.05) is 13.8 Å². The van der Waals surface area contributed by atoms with Crippen LogP contribution in [0.1, 0.15) is 38.3 Å². The van der Waals surface area contributed by atoms with Crippen molar-refractivity contribution in [1.82, 2.24) is 9.62 Å². The number of ether oxygens (including phenoxy) is 1. The van der Waals surface area contributed by atoms with E-state index in [2.05, 4.69) is 5.32 Å². The van der Waals surface area contributed by atoms with Crippen LogP contribution < -0.4 is 10.1 Å². The molecule has 3 rings (SSSR count). The van der Waals surface area contributed by atoms with Gasteiger partial charge in [-0.25, -0.2) is 8.42 Å². The van der Waals surface area contributed by atoms with Crippen LogP contribution in [-0.4, -0.2) is 38.3 Å². The zero-order chi connectivity index (χ0) is 22.6. The smallest absolute Gasteiger partial charge is 0.243 e. The molecule has 0 aliphatic carbocycles. The summed E-state index contributed by atoms with van der Waals surface area (Å²) < 4.78 is 32.6. The molecule has 1 N–H and O–H groups in total. The number of benzene rings is 2. The Morgan fingerprint density at radius 2 is 1.81 bits per heavy atom. The van der Waals surface area contributed by atoms with E-state index >= 15 is 0 Å². The lowest BCUT2D eigenvalue weighted by molar-refractivity contribution is -0.126. The highest BCUT2D eigenvalue weighted by Gasteiger charge is 2.32. The average molecular weight is 485 g/mol. The molecule has 2 aromatic carbocycles. The minimum absolute atomic E-state index is 0.100. The number of halogens is 2. The van der Waals surface area contributed by atoms with E-state index in [0.717, 1.165) is 5.56 Å². The van der Waals surface area contributed by atoms with E-state index in [-0.39, 0.29) is 22.8 Å². The number of nitrogens with zero attached hydrogens (tertiary/aromatic N) is 1. The van der Waals surface area contributed by atoms with Crippen molar-refractivity contribution in [2.24, 2.45) is 5.92 Å². The van der Waals surface area contributed by atoms with E-state index in [4.69, 9.17) is 27.9 Å². The minimum Gasteiger partial charge on any atom is -0.494 e. The molecule has 31 heavy (non-hydrogen) atoms. The van der Waals surface area contributed by atoms with Gasteiger partial charge in [0, 0.05) is 29.1 Å². The minimum atomic E-state index is -3.60. The van der Waals surface area contributed by atoms with Gasteiger partial charge in [-0.05, 0) is 68.7 Å². The van der Waals surface area contributed by atoms with E-state index in [0.29, 0.717) is 48.3 Å². The van der Waals surface area contributed by atoms with Crippen molar-refractivity contribution >= 4 is 39.1 Å². The molecule has 1 saturated heterocycles. The molecule has 1 aliphatic heterocycles. The van der Waals surface area contributed by atoms with Crippen molar-refractivity contribution in [1.29, 1.82) is 0 Å². The van der Waals surface area contributed by atoms with E-state index in [1.54, 1.807) is 42.5 Å². The van der Waals surface area contributed by atoms with Gasteiger partial charge in [-0.15, -0.1) is 0 Å². The van der Waals surface area contributed by atoms with Crippen LogP contribution >= 0.6 is 23.2 Å². The lowest BCUT2D eigenvalue weighted by Crippen LogP contribution is -2.43. The van der Waals surface area contributed by atoms with Gasteiger partial charge in [-0.2, -0.15) is 4.31 Å². The number of sulfonamides is 1. The molecular weight excluding hydrogens is 459 g/mol. The second-order valence-corrected chi connectivity index (χ2v) is 10.3. The molecule has 0 bridgehead atoms. The molecule has 1 heterocycles. The van der Waals surface area contributed by atoms with Gasteiger partial charge in [0.2, 0.25) is 15.9 Å². The first kappa shape index (κ1) is 23.9. The van der Waals surface area contributed by atoms with Crippen molar-refractivity contribution in [2.45, 2.75) is 37.6 Å². The summed E-state index contributed by atoms with van der Waals surface area (Å²) in [5, 5.41) is 4.01. The third kappa shape index (κ3) is 5.71. The molecule has 0 aromatic heterocycles. The molecule has 1 fully saturated rings. The number of carbonyl (C=O) groups is 1. The summed E-state index contributed by atoms with van der Waals surface area (Å²) in [7, 11) is -3.60. The van der Waals surface area contributed by atoms with Crippen molar-refractivity contribution in [3.8, 4) is 5.75 Å². The Balaban J connectivity index is 1.58. The van der Waals surface area contributed by atoms with Crippen LogP contribution in [0.2, 0.25) is 10.0 Å². The molecule has 168 valence electrons. The summed E-state index contributed by atoms with van der Waals surface area (Å²) >= 11 is 12.2. The van der Waals surface area contributed by atoms with Crippen LogP contribution in [0.5, 0.6) is 5.75 Å². The number of hydrogen-bond donors (Lipinski definition) is 1. The average Bonchev–Trinajstić information content (AvgIpc) is 2.74. The van der Waals surface area contributed by atoms with Crippen molar-refractivity contribution in [3.63, 3.8) is 0 Å². The quantitative estimate of drug-likeness (QED) is 0.619. The monoisotopic (exact) mass is 484 g/mol. The van der Waals surface area contributed by atoms with E-state index < -0.39 is 10.0 Å². The highest BCUT2D eigenvalue weighted by atomic mass is 35.5. The lowest BCUT2D eigenvalue weighted by atomic mass is 9.96. The predicted octanol–water partition coefficient (Wildman–Crippen LogP) is 4.67. The molecule has 0 saturated carbocycles. The van der Waals surface area contributed by atoms with Gasteiger partial charge < -0.3 is 10.1 Å². The first-order valence-electron chi connectivity index (χ1n) is 10.2. The van der Waals surface area contributed by atoms with Crippen LogP contribution in [-0.2, 0) is 14.8 Å². The van der Waals surface area contributed by atoms with Crippen molar-refractivity contribution in [2.75, 3.05) is 19.7 Å². The molecule has 1 unspecified atom stereocenters. The van der Waals surface area contributed by atoms with Gasteiger partial charge in [0.15, 0.2) is 0 Å². The molecule has 1 aliphatic rings. The topological polar surface area (TPSA) is 75.7 Å². The molecule has 2 aromatic rings. The maximum Gasteiger partial charge on any atom is 0.243 e. The third-order valence-corrected chi connectivity index (χ3v) is 7.86. The van der Waals surface area contributed by atoms with Gasteiger partial charge in [0.1, 0.15) is 5.75 Å². The van der Waals surface area contributed by atoms with Crippen LogP contribution in [0.15, 0.2) is 47.4 Å². The van der Waals surface area contributed by atoms with E-state index in [9.17, 15) is 13.2 Å². The maximum atomic E-state index is 12.9. The molecular formula is C22H26Cl2N2O4S. The Labute approximate surface area is 193 Å². The first-order valence-corrected chi connectivity index (χ1v) is 12.4. The fourth-order valence-corrected chi connectivity index (χ4v) is 5.69. The highest BCUT2D eigenvalue weighted by Crippen LogP contribution is 2.28. The van der Waals surface area contributed by atoms with Crippen LogP contribution in [0.25, 0.3) is 0 Å². The standard InChI is InChI=1S/C22H26Cl2N2O4S/c1-3-30-18-5-7-19(8-6-18)31(28,29)26-12-10-16(11-13-26)22(27)25-15(2)20-9-4-17(23)14-21(20)24/h4-9,14-16H,3,10-13H2,1-2H3,(H,25,27). The largest absolute Gasteiger partial charge is 0.494 e. The zero-order valence-corrected chi connectivity index (χ0v) is 19.8. The van der Waals surface area contributed by atoms with E-state index in [1.165, 1.54) is 4.31 Å². The summed E-state index contributed by atoms with van der Waals surface area (Å²) in [4.78, 5) is 13.0. The van der Waals surface area contributed by atoms with Crippen LogP contribution in [0.4, 0.5) is 0 Å². The van der Waals surface area contributed by atoms with Gasteiger partial charge in [-0.1, -0.05) is 29.3 Å². The summed E-state index contributed by atoms with van der Waals surface area (Å²) in [6, 6.07) is 11.3. The summed E-state index contributed by atoms with van der Waals surface area (Å²) in [5.41, 5.74) is 0.787. The SMILES string of the molecule is CCOc1ccc(S(=O)(=O)N2CCC(C(=O)NC(C)c3ccc(Cl)cc3Cl)CC2)cc1. The maximum absolute atomic E-state index is 12.9. The number of rotatable bonds is 7. The third-order valence-electron chi connectivity index (χ3n) is 5.38. The van der Waals surface area contributed by atoms with Crippen LogP contribution in [0, 0.1) is 5.92 Å². The Morgan fingerprint density at radius 1 is 1.16 bits per heavy atom. The van der Waals surface area contributed by atoms with Crippen molar-refractivity contribution < 1.29 is 17.9 Å². The fourth-order valence-electron chi connectivity index (χ4n) is 3.64. The normalized spacial score (nSPS) is 16.6.